The van der Waals surface area contributed by atoms with Crippen molar-refractivity contribution in [2.75, 3.05) is 23.3 Å². The first-order valence-corrected chi connectivity index (χ1v) is 11.5. The largest absolute Gasteiger partial charge is 0.372 e. The number of rotatable bonds is 5. The van der Waals surface area contributed by atoms with Crippen molar-refractivity contribution in [2.24, 2.45) is 0 Å². The van der Waals surface area contributed by atoms with Gasteiger partial charge in [0, 0.05) is 46.9 Å². The van der Waals surface area contributed by atoms with Crippen LogP contribution in [0.5, 0.6) is 0 Å². The van der Waals surface area contributed by atoms with E-state index in [0.29, 0.717) is 18.2 Å². The van der Waals surface area contributed by atoms with E-state index < -0.39 is 0 Å². The van der Waals surface area contributed by atoms with E-state index in [0.717, 1.165) is 47.6 Å². The molecule has 1 aliphatic heterocycles. The Hall–Kier alpha value is -2.93. The Morgan fingerprint density at radius 1 is 1.17 bits per heavy atom. The number of anilines is 2. The van der Waals surface area contributed by atoms with Crippen LogP contribution in [0, 0.1) is 0 Å². The molecular formula is C23H25N5OS. The molecule has 3 heterocycles. The predicted octanol–water partition coefficient (Wildman–Crippen LogP) is 4.87. The number of allylic oxidation sites excluding steroid dienone is 2. The van der Waals surface area contributed by atoms with Crippen molar-refractivity contribution < 1.29 is 4.79 Å². The number of hydrogen-bond donors (Lipinski definition) is 1. The van der Waals surface area contributed by atoms with Gasteiger partial charge >= 0.3 is 0 Å². The molecule has 2 aromatic heterocycles. The van der Waals surface area contributed by atoms with Gasteiger partial charge in [-0.05, 0) is 62.4 Å². The summed E-state index contributed by atoms with van der Waals surface area (Å²) in [7, 11) is 0. The number of nitrogens with zero attached hydrogens (tertiary/aromatic N) is 4. The number of ketones is 1. The first-order chi connectivity index (χ1) is 14.7. The van der Waals surface area contributed by atoms with Crippen molar-refractivity contribution in [1.82, 2.24) is 14.8 Å². The minimum Gasteiger partial charge on any atom is -0.372 e. The van der Waals surface area contributed by atoms with Gasteiger partial charge in [0.1, 0.15) is 6.04 Å². The minimum absolute atomic E-state index is 0.194. The number of carbonyl (C=O) groups excluding carboxylic acids is 1. The molecule has 154 valence electrons. The summed E-state index contributed by atoms with van der Waals surface area (Å²) in [6.07, 6.45) is 2.37. The second-order valence-corrected chi connectivity index (χ2v) is 8.61. The Bertz CT molecular complexity index is 1090. The van der Waals surface area contributed by atoms with Crippen LogP contribution in [-0.4, -0.2) is 33.6 Å². The molecule has 1 unspecified atom stereocenters. The molecule has 6 nitrogen and oxygen atoms in total. The van der Waals surface area contributed by atoms with Crippen LogP contribution in [-0.2, 0) is 4.79 Å². The Morgan fingerprint density at radius 3 is 2.67 bits per heavy atom. The number of Topliss-reactive ketones (excluding diaryl/α,β-unsaturated/α-hetero) is 1. The normalized spacial score (nSPS) is 18.1. The zero-order chi connectivity index (χ0) is 20.7. The average molecular weight is 420 g/mol. The van der Waals surface area contributed by atoms with E-state index in [1.807, 2.05) is 16.1 Å². The van der Waals surface area contributed by atoms with Crippen LogP contribution in [0.4, 0.5) is 11.6 Å². The highest BCUT2D eigenvalue weighted by molar-refractivity contribution is 7.10. The Morgan fingerprint density at radius 2 is 1.97 bits per heavy atom. The topological polar surface area (TPSA) is 63.1 Å². The Labute approximate surface area is 180 Å². The molecule has 5 rings (SSSR count). The van der Waals surface area contributed by atoms with Crippen LogP contribution >= 0.6 is 11.3 Å². The smallest absolute Gasteiger partial charge is 0.226 e. The molecule has 1 aliphatic carbocycles. The van der Waals surface area contributed by atoms with E-state index in [1.54, 1.807) is 11.3 Å². The van der Waals surface area contributed by atoms with Gasteiger partial charge in [0.2, 0.25) is 5.95 Å². The van der Waals surface area contributed by atoms with Crippen molar-refractivity contribution >= 4 is 28.8 Å². The quantitative estimate of drug-likeness (QED) is 0.639. The Balaban J connectivity index is 1.55. The maximum atomic E-state index is 12.8. The zero-order valence-electron chi connectivity index (χ0n) is 17.3. The van der Waals surface area contributed by atoms with Crippen molar-refractivity contribution in [3.8, 4) is 11.4 Å². The van der Waals surface area contributed by atoms with Gasteiger partial charge in [-0.2, -0.15) is 4.98 Å². The lowest BCUT2D eigenvalue weighted by Crippen LogP contribution is -2.31. The summed E-state index contributed by atoms with van der Waals surface area (Å²) in [4.78, 5) is 21.1. The van der Waals surface area contributed by atoms with Gasteiger partial charge in [0.05, 0.1) is 0 Å². The number of nitrogens with one attached hydrogen (secondary N) is 1. The number of carbonyl (C=O) groups is 1. The maximum absolute atomic E-state index is 12.8. The summed E-state index contributed by atoms with van der Waals surface area (Å²) in [5.74, 6) is 1.61. The molecule has 1 N–H and O–H groups in total. The Kier molecular flexibility index (Phi) is 4.90. The summed E-state index contributed by atoms with van der Waals surface area (Å²) in [6.45, 7) is 6.28. The van der Waals surface area contributed by atoms with Crippen LogP contribution in [0.1, 0.15) is 44.0 Å². The summed E-state index contributed by atoms with van der Waals surface area (Å²) in [6, 6.07) is 12.3. The molecule has 0 saturated carbocycles. The zero-order valence-corrected chi connectivity index (χ0v) is 18.1. The van der Waals surface area contributed by atoms with E-state index >= 15 is 0 Å². The predicted molar refractivity (Wildman–Crippen MR) is 121 cm³/mol. The standard InChI is InChI=1S/C23H25N5OS/c1-3-27(4-2)16-12-10-15(11-13-16)22-25-23-24-17-7-5-8-18(29)20(17)21(28(23)26-22)19-9-6-14-30-19/h6,9-14,21H,3-5,7-8H2,1-2H3,(H,24,25,26). The number of thiophene rings is 1. The molecule has 0 spiro atoms. The van der Waals surface area contributed by atoms with Crippen LogP contribution in [0.3, 0.4) is 0 Å². The molecular weight excluding hydrogens is 394 g/mol. The second kappa shape index (κ2) is 7.72. The average Bonchev–Trinajstić information content (AvgIpc) is 3.44. The molecule has 0 fully saturated rings. The summed E-state index contributed by atoms with van der Waals surface area (Å²) < 4.78 is 1.89. The van der Waals surface area contributed by atoms with Crippen molar-refractivity contribution in [3.63, 3.8) is 0 Å². The van der Waals surface area contributed by atoms with Gasteiger partial charge < -0.3 is 10.2 Å². The van der Waals surface area contributed by atoms with Gasteiger partial charge in [0.15, 0.2) is 11.6 Å². The van der Waals surface area contributed by atoms with Crippen molar-refractivity contribution in [3.05, 3.63) is 57.9 Å². The van der Waals surface area contributed by atoms with E-state index in [1.165, 1.54) is 5.69 Å². The molecule has 1 atom stereocenters. The van der Waals surface area contributed by atoms with Gasteiger partial charge in [-0.25, -0.2) is 4.68 Å². The molecule has 2 aliphatic rings. The van der Waals surface area contributed by atoms with Crippen LogP contribution in [0.15, 0.2) is 53.0 Å². The van der Waals surface area contributed by atoms with Crippen molar-refractivity contribution in [1.29, 1.82) is 0 Å². The highest BCUT2D eigenvalue weighted by atomic mass is 32.1. The fourth-order valence-electron chi connectivity index (χ4n) is 4.40. The van der Waals surface area contributed by atoms with Crippen LogP contribution in [0.2, 0.25) is 0 Å². The summed E-state index contributed by atoms with van der Waals surface area (Å²) >= 11 is 1.66. The van der Waals surface area contributed by atoms with Crippen LogP contribution < -0.4 is 10.2 Å². The van der Waals surface area contributed by atoms with Gasteiger partial charge in [-0.1, -0.05) is 6.07 Å². The molecule has 0 radical (unpaired) electrons. The summed E-state index contributed by atoms with van der Waals surface area (Å²) in [5, 5.41) is 10.3. The van der Waals surface area contributed by atoms with E-state index in [2.05, 4.69) is 54.4 Å². The lowest BCUT2D eigenvalue weighted by molar-refractivity contribution is -0.116. The summed E-state index contributed by atoms with van der Waals surface area (Å²) in [5.41, 5.74) is 4.03. The third kappa shape index (κ3) is 3.13. The number of hydrogen-bond acceptors (Lipinski definition) is 6. The molecule has 1 aromatic carbocycles. The molecule has 0 saturated heterocycles. The van der Waals surface area contributed by atoms with E-state index in [9.17, 15) is 4.79 Å². The van der Waals surface area contributed by atoms with E-state index in [-0.39, 0.29) is 11.8 Å². The van der Waals surface area contributed by atoms with Gasteiger partial charge in [-0.3, -0.25) is 4.79 Å². The fourth-order valence-corrected chi connectivity index (χ4v) is 5.22. The SMILES string of the molecule is CCN(CC)c1ccc(-c2nc3n(n2)C(c2cccs2)C2=C(CCCC2=O)N3)cc1. The lowest BCUT2D eigenvalue weighted by atomic mass is 9.88. The first kappa shape index (κ1) is 19.1. The molecule has 0 bridgehead atoms. The molecule has 0 amide bonds. The minimum atomic E-state index is -0.194. The molecule has 7 heteroatoms. The number of fused-ring (bicyclic) bond motifs is 1. The van der Waals surface area contributed by atoms with Crippen molar-refractivity contribution in [2.45, 2.75) is 39.2 Å². The third-order valence-electron chi connectivity index (χ3n) is 5.93. The first-order valence-electron chi connectivity index (χ1n) is 10.6. The molecule has 3 aromatic rings. The van der Waals surface area contributed by atoms with Gasteiger partial charge in [-0.15, -0.1) is 16.4 Å². The highest BCUT2D eigenvalue weighted by Gasteiger charge is 2.37. The second-order valence-electron chi connectivity index (χ2n) is 7.63. The number of benzene rings is 1. The van der Waals surface area contributed by atoms with Gasteiger partial charge in [0.25, 0.3) is 0 Å². The third-order valence-corrected chi connectivity index (χ3v) is 6.86. The number of aromatic nitrogens is 3. The fraction of sp³-hybridized carbons (Fsp3) is 0.348. The maximum Gasteiger partial charge on any atom is 0.226 e. The molecule has 30 heavy (non-hydrogen) atoms. The van der Waals surface area contributed by atoms with Crippen LogP contribution in [0.25, 0.3) is 11.4 Å². The van der Waals surface area contributed by atoms with E-state index in [4.69, 9.17) is 10.1 Å². The monoisotopic (exact) mass is 419 g/mol. The highest BCUT2D eigenvalue weighted by Crippen LogP contribution is 2.41. The lowest BCUT2D eigenvalue weighted by Gasteiger charge is -2.31.